The highest BCUT2D eigenvalue weighted by Gasteiger charge is 2.46. The van der Waals surface area contributed by atoms with Gasteiger partial charge >= 0.3 is 0 Å². The number of aryl methyl sites for hydroxylation is 2. The molecule has 204 valence electrons. The molecule has 4 rings (SSSR count). The Labute approximate surface area is 231 Å². The number of benzene rings is 3. The zero-order valence-corrected chi connectivity index (χ0v) is 23.3. The summed E-state index contributed by atoms with van der Waals surface area (Å²) in [5.41, 5.74) is 4.44. The van der Waals surface area contributed by atoms with Gasteiger partial charge in [0.15, 0.2) is 0 Å². The van der Waals surface area contributed by atoms with Gasteiger partial charge in [-0.1, -0.05) is 75.4 Å². The molecule has 3 aromatic rings. The lowest BCUT2D eigenvalue weighted by Crippen LogP contribution is -2.38. The number of hydrogen-bond donors (Lipinski definition) is 1. The molecule has 0 spiro atoms. The molecule has 1 N–H and O–H groups in total. The quantitative estimate of drug-likeness (QED) is 0.191. The van der Waals surface area contributed by atoms with E-state index in [0.29, 0.717) is 31.0 Å². The second-order valence-electron chi connectivity index (χ2n) is 9.87. The fourth-order valence-electron chi connectivity index (χ4n) is 5.06. The molecule has 1 saturated heterocycles. The molecule has 6 nitrogen and oxygen atoms in total. The van der Waals surface area contributed by atoms with E-state index in [9.17, 15) is 14.7 Å². The van der Waals surface area contributed by atoms with Crippen LogP contribution in [0.5, 0.6) is 5.75 Å². The van der Waals surface area contributed by atoms with E-state index in [1.165, 1.54) is 5.56 Å². The SMILES string of the molecule is CCc1ccc([C@@H]2/C(=C(\O)c3ccc(OCc4ccccc4)cc3C)C(=O)C(=O)N2CCN(CC)CC)cc1. The summed E-state index contributed by atoms with van der Waals surface area (Å²) >= 11 is 0. The summed E-state index contributed by atoms with van der Waals surface area (Å²) in [7, 11) is 0. The number of ether oxygens (including phenoxy) is 1. The molecule has 0 aromatic heterocycles. The van der Waals surface area contributed by atoms with E-state index in [4.69, 9.17) is 4.74 Å². The third-order valence-electron chi connectivity index (χ3n) is 7.50. The van der Waals surface area contributed by atoms with Gasteiger partial charge in [0.1, 0.15) is 18.1 Å². The number of aliphatic hydroxyl groups is 1. The summed E-state index contributed by atoms with van der Waals surface area (Å²) in [4.78, 5) is 30.5. The fourth-order valence-corrected chi connectivity index (χ4v) is 5.06. The third kappa shape index (κ3) is 6.23. The minimum absolute atomic E-state index is 0.129. The summed E-state index contributed by atoms with van der Waals surface area (Å²) in [6.07, 6.45) is 0.889. The van der Waals surface area contributed by atoms with Crippen LogP contribution >= 0.6 is 0 Å². The number of carbonyl (C=O) groups excluding carboxylic acids is 2. The number of Topliss-reactive ketones (excluding diaryl/α,β-unsaturated/α-hetero) is 1. The van der Waals surface area contributed by atoms with Crippen molar-refractivity contribution in [3.63, 3.8) is 0 Å². The Hall–Kier alpha value is -3.90. The maximum atomic E-state index is 13.4. The topological polar surface area (TPSA) is 70.1 Å². The van der Waals surface area contributed by atoms with Crippen LogP contribution in [0.4, 0.5) is 0 Å². The molecule has 0 saturated carbocycles. The molecule has 1 fully saturated rings. The number of amides is 1. The van der Waals surface area contributed by atoms with Gasteiger partial charge in [0.2, 0.25) is 0 Å². The van der Waals surface area contributed by atoms with Crippen molar-refractivity contribution in [3.8, 4) is 5.75 Å². The molecule has 1 aliphatic rings. The van der Waals surface area contributed by atoms with E-state index < -0.39 is 17.7 Å². The van der Waals surface area contributed by atoms with Gasteiger partial charge < -0.3 is 19.6 Å². The number of likely N-dealkylation sites (N-methyl/N-ethyl adjacent to an activating group) is 1. The lowest BCUT2D eigenvalue weighted by atomic mass is 9.93. The monoisotopic (exact) mass is 526 g/mol. The Morgan fingerprint density at radius 3 is 2.23 bits per heavy atom. The maximum absolute atomic E-state index is 13.4. The van der Waals surface area contributed by atoms with Crippen LogP contribution in [-0.4, -0.2) is 52.8 Å². The van der Waals surface area contributed by atoms with Crippen LogP contribution in [0.2, 0.25) is 0 Å². The number of hydrogen-bond acceptors (Lipinski definition) is 5. The molecule has 3 aromatic carbocycles. The lowest BCUT2D eigenvalue weighted by Gasteiger charge is -2.28. The number of likely N-dealkylation sites (tertiary alicyclic amines) is 1. The van der Waals surface area contributed by atoms with Gasteiger partial charge in [0.05, 0.1) is 11.6 Å². The maximum Gasteiger partial charge on any atom is 0.295 e. The normalized spacial score (nSPS) is 16.7. The number of ketones is 1. The lowest BCUT2D eigenvalue weighted by molar-refractivity contribution is -0.140. The second-order valence-corrected chi connectivity index (χ2v) is 9.87. The summed E-state index contributed by atoms with van der Waals surface area (Å²) in [5, 5.41) is 11.5. The predicted molar refractivity (Wildman–Crippen MR) is 155 cm³/mol. The predicted octanol–water partition coefficient (Wildman–Crippen LogP) is 5.90. The van der Waals surface area contributed by atoms with Gasteiger partial charge in [-0.25, -0.2) is 0 Å². The minimum Gasteiger partial charge on any atom is -0.507 e. The fraction of sp³-hybridized carbons (Fsp3) is 0.333. The second kappa shape index (κ2) is 12.8. The van der Waals surface area contributed by atoms with Crippen molar-refractivity contribution < 1.29 is 19.4 Å². The smallest absolute Gasteiger partial charge is 0.295 e. The summed E-state index contributed by atoms with van der Waals surface area (Å²) in [6.45, 7) is 11.3. The van der Waals surface area contributed by atoms with Crippen molar-refractivity contribution >= 4 is 17.4 Å². The van der Waals surface area contributed by atoms with E-state index in [2.05, 4.69) is 25.7 Å². The first-order chi connectivity index (χ1) is 18.9. The molecule has 0 aliphatic carbocycles. The van der Waals surface area contributed by atoms with Crippen molar-refractivity contribution in [1.82, 2.24) is 9.80 Å². The molecule has 39 heavy (non-hydrogen) atoms. The first-order valence-electron chi connectivity index (χ1n) is 13.7. The average Bonchev–Trinajstić information content (AvgIpc) is 3.22. The van der Waals surface area contributed by atoms with Crippen LogP contribution in [0.1, 0.15) is 54.6 Å². The van der Waals surface area contributed by atoms with Gasteiger partial charge in [-0.3, -0.25) is 9.59 Å². The van der Waals surface area contributed by atoms with E-state index in [1.807, 2.05) is 67.6 Å². The van der Waals surface area contributed by atoms with Crippen molar-refractivity contribution in [3.05, 3.63) is 106 Å². The molecular formula is C33H38N2O4. The highest BCUT2D eigenvalue weighted by molar-refractivity contribution is 6.46. The number of nitrogens with zero attached hydrogens (tertiary/aromatic N) is 2. The number of rotatable bonds is 11. The van der Waals surface area contributed by atoms with Crippen LogP contribution in [0, 0.1) is 6.92 Å². The van der Waals surface area contributed by atoms with Crippen LogP contribution in [0.25, 0.3) is 5.76 Å². The standard InChI is InChI=1S/C33H38N2O4/c1-5-24-13-15-26(16-14-24)30-29(32(37)33(38)35(30)20-19-34(6-2)7-3)31(36)28-18-17-27(21-23(28)4)39-22-25-11-9-8-10-12-25/h8-18,21,30,36H,5-7,19-20,22H2,1-4H3/b31-29+/t30-/m1/s1. The summed E-state index contributed by atoms with van der Waals surface area (Å²) < 4.78 is 5.94. The molecule has 6 heteroatoms. The van der Waals surface area contributed by atoms with Crippen LogP contribution in [-0.2, 0) is 22.6 Å². The largest absolute Gasteiger partial charge is 0.507 e. The first-order valence-corrected chi connectivity index (χ1v) is 13.7. The van der Waals surface area contributed by atoms with Gasteiger partial charge in [0.25, 0.3) is 11.7 Å². The summed E-state index contributed by atoms with van der Waals surface area (Å²) in [5.74, 6) is -0.719. The van der Waals surface area contributed by atoms with Gasteiger partial charge in [0, 0.05) is 18.7 Å². The number of carbonyl (C=O) groups is 2. The van der Waals surface area contributed by atoms with Gasteiger partial charge in [-0.2, -0.15) is 0 Å². The molecule has 1 amide bonds. The van der Waals surface area contributed by atoms with Crippen molar-refractivity contribution in [2.45, 2.75) is 46.8 Å². The van der Waals surface area contributed by atoms with E-state index in [0.717, 1.165) is 36.2 Å². The molecule has 0 unspecified atom stereocenters. The Morgan fingerprint density at radius 2 is 1.62 bits per heavy atom. The number of aliphatic hydroxyl groups excluding tert-OH is 1. The van der Waals surface area contributed by atoms with Crippen LogP contribution in [0.15, 0.2) is 78.4 Å². The zero-order valence-electron chi connectivity index (χ0n) is 23.3. The first kappa shape index (κ1) is 28.1. The van der Waals surface area contributed by atoms with Gasteiger partial charge in [-0.05, 0) is 66.9 Å². The Balaban J connectivity index is 1.69. The van der Waals surface area contributed by atoms with Crippen molar-refractivity contribution in [2.24, 2.45) is 0 Å². The van der Waals surface area contributed by atoms with Crippen LogP contribution in [0.3, 0.4) is 0 Å². The average molecular weight is 527 g/mol. The van der Waals surface area contributed by atoms with Crippen molar-refractivity contribution in [2.75, 3.05) is 26.2 Å². The summed E-state index contributed by atoms with van der Waals surface area (Å²) in [6, 6.07) is 22.6. The molecule has 0 radical (unpaired) electrons. The Bertz CT molecular complexity index is 1330. The molecular weight excluding hydrogens is 488 g/mol. The third-order valence-corrected chi connectivity index (χ3v) is 7.50. The van der Waals surface area contributed by atoms with E-state index in [-0.39, 0.29) is 11.3 Å². The molecule has 1 atom stereocenters. The highest BCUT2D eigenvalue weighted by Crippen LogP contribution is 2.40. The zero-order chi connectivity index (χ0) is 27.9. The van der Waals surface area contributed by atoms with E-state index in [1.54, 1.807) is 17.0 Å². The van der Waals surface area contributed by atoms with Crippen LogP contribution < -0.4 is 4.74 Å². The molecule has 1 heterocycles. The minimum atomic E-state index is -0.653. The van der Waals surface area contributed by atoms with Crippen molar-refractivity contribution in [1.29, 1.82) is 0 Å². The molecule has 0 bridgehead atoms. The molecule has 1 aliphatic heterocycles. The Kier molecular flexibility index (Phi) is 9.20. The van der Waals surface area contributed by atoms with Gasteiger partial charge in [-0.15, -0.1) is 0 Å². The van der Waals surface area contributed by atoms with E-state index >= 15 is 0 Å². The highest BCUT2D eigenvalue weighted by atomic mass is 16.5. The Morgan fingerprint density at radius 1 is 0.923 bits per heavy atom.